The second-order valence-electron chi connectivity index (χ2n) is 3.62. The van der Waals surface area contributed by atoms with Crippen LogP contribution in [0.4, 0.5) is 26.3 Å². The van der Waals surface area contributed by atoms with E-state index >= 15 is 0 Å². The van der Waals surface area contributed by atoms with Crippen molar-refractivity contribution in [3.05, 3.63) is 22.4 Å². The van der Waals surface area contributed by atoms with E-state index in [9.17, 15) is 26.3 Å². The van der Waals surface area contributed by atoms with Gasteiger partial charge in [-0.05, 0) is 17.9 Å². The maximum atomic E-state index is 12.5. The first-order chi connectivity index (χ1) is 8.16. The number of nitrogens with one attached hydrogen (secondary N) is 1. The molecule has 0 radical (unpaired) electrons. The molecule has 1 heterocycles. The molecule has 0 aliphatic carbocycles. The van der Waals surface area contributed by atoms with Crippen molar-refractivity contribution in [3.63, 3.8) is 0 Å². The lowest BCUT2D eigenvalue weighted by Gasteiger charge is -2.29. The van der Waals surface area contributed by atoms with E-state index in [0.29, 0.717) is 4.88 Å². The standard InChI is InChI=1S/C9H10F6N2S/c10-8(11,12)7(9(13,14)15)6(17-16)4-5-2-1-3-18-5/h1-3,6-7,17H,4,16H2. The van der Waals surface area contributed by atoms with Gasteiger partial charge in [0.2, 0.25) is 0 Å². The topological polar surface area (TPSA) is 38.0 Å². The van der Waals surface area contributed by atoms with Crippen LogP contribution in [0, 0.1) is 5.92 Å². The number of hydrogen-bond donors (Lipinski definition) is 2. The van der Waals surface area contributed by atoms with Gasteiger partial charge in [0.25, 0.3) is 0 Å². The van der Waals surface area contributed by atoms with Crippen LogP contribution in [0.15, 0.2) is 17.5 Å². The molecular formula is C9H10F6N2S. The summed E-state index contributed by atoms with van der Waals surface area (Å²) >= 11 is 1.08. The molecule has 104 valence electrons. The Morgan fingerprint density at radius 2 is 1.72 bits per heavy atom. The van der Waals surface area contributed by atoms with Crippen molar-refractivity contribution in [1.82, 2.24) is 5.43 Å². The Morgan fingerprint density at radius 1 is 1.17 bits per heavy atom. The Labute approximate surface area is 103 Å². The van der Waals surface area contributed by atoms with Gasteiger partial charge < -0.3 is 0 Å². The molecule has 0 bridgehead atoms. The number of hydrazine groups is 1. The van der Waals surface area contributed by atoms with Gasteiger partial charge in [0.05, 0.1) is 0 Å². The highest BCUT2D eigenvalue weighted by atomic mass is 32.1. The average Bonchev–Trinajstić information content (AvgIpc) is 2.64. The van der Waals surface area contributed by atoms with Gasteiger partial charge >= 0.3 is 12.4 Å². The SMILES string of the molecule is NNC(Cc1cccs1)C(C(F)(F)F)C(F)(F)F. The first kappa shape index (κ1) is 15.3. The number of alkyl halides is 6. The number of halogens is 6. The minimum absolute atomic E-state index is 0.399. The molecule has 1 unspecified atom stereocenters. The number of rotatable bonds is 4. The Hall–Kier alpha value is -0.800. The molecule has 0 aromatic carbocycles. The third-order valence-corrected chi connectivity index (χ3v) is 3.22. The smallest absolute Gasteiger partial charge is 0.271 e. The van der Waals surface area contributed by atoms with Gasteiger partial charge in [-0.15, -0.1) is 11.3 Å². The highest BCUT2D eigenvalue weighted by molar-refractivity contribution is 7.09. The molecule has 1 atom stereocenters. The van der Waals surface area contributed by atoms with Crippen LogP contribution in [0.25, 0.3) is 0 Å². The quantitative estimate of drug-likeness (QED) is 0.509. The van der Waals surface area contributed by atoms with Crippen LogP contribution in [0.5, 0.6) is 0 Å². The van der Waals surface area contributed by atoms with E-state index in [1.54, 1.807) is 16.9 Å². The first-order valence-corrected chi connectivity index (χ1v) is 5.66. The van der Waals surface area contributed by atoms with Gasteiger partial charge in [0.1, 0.15) is 0 Å². The normalized spacial score (nSPS) is 15.1. The molecule has 1 aromatic heterocycles. The molecule has 0 spiro atoms. The van der Waals surface area contributed by atoms with Crippen molar-refractivity contribution in [3.8, 4) is 0 Å². The molecule has 1 aromatic rings. The summed E-state index contributed by atoms with van der Waals surface area (Å²) in [7, 11) is 0. The van der Waals surface area contributed by atoms with E-state index < -0.39 is 30.7 Å². The Morgan fingerprint density at radius 3 is 2.06 bits per heavy atom. The summed E-state index contributed by atoms with van der Waals surface area (Å²) in [6.45, 7) is 0. The second-order valence-corrected chi connectivity index (χ2v) is 4.65. The largest absolute Gasteiger partial charge is 0.402 e. The zero-order valence-electron chi connectivity index (χ0n) is 8.85. The van der Waals surface area contributed by atoms with Crippen molar-refractivity contribution < 1.29 is 26.3 Å². The molecule has 1 rings (SSSR count). The summed E-state index contributed by atoms with van der Waals surface area (Å²) < 4.78 is 74.8. The monoisotopic (exact) mass is 292 g/mol. The molecule has 0 amide bonds. The van der Waals surface area contributed by atoms with E-state index in [1.807, 2.05) is 0 Å². The van der Waals surface area contributed by atoms with Crippen LogP contribution in [-0.4, -0.2) is 18.4 Å². The Kier molecular flexibility index (Phi) is 4.62. The molecule has 18 heavy (non-hydrogen) atoms. The maximum Gasteiger partial charge on any atom is 0.402 e. The highest BCUT2D eigenvalue weighted by Crippen LogP contribution is 2.42. The summed E-state index contributed by atoms with van der Waals surface area (Å²) in [5.74, 6) is 1.35. The Bertz CT molecular complexity index is 344. The molecular weight excluding hydrogens is 282 g/mol. The van der Waals surface area contributed by atoms with Gasteiger partial charge in [0, 0.05) is 10.9 Å². The third kappa shape index (κ3) is 3.85. The van der Waals surface area contributed by atoms with Crippen LogP contribution in [0.2, 0.25) is 0 Å². The number of hydrogen-bond acceptors (Lipinski definition) is 3. The van der Waals surface area contributed by atoms with Crippen molar-refractivity contribution in [2.45, 2.75) is 24.8 Å². The van der Waals surface area contributed by atoms with E-state index in [0.717, 1.165) is 11.3 Å². The molecule has 0 aliphatic rings. The van der Waals surface area contributed by atoms with Crippen molar-refractivity contribution in [2.24, 2.45) is 11.8 Å². The Balaban J connectivity index is 2.95. The third-order valence-electron chi connectivity index (χ3n) is 2.32. The van der Waals surface area contributed by atoms with Gasteiger partial charge in [-0.3, -0.25) is 11.3 Å². The highest BCUT2D eigenvalue weighted by Gasteiger charge is 2.60. The zero-order valence-corrected chi connectivity index (χ0v) is 9.66. The molecule has 0 saturated heterocycles. The van der Waals surface area contributed by atoms with E-state index in [4.69, 9.17) is 5.84 Å². The fraction of sp³-hybridized carbons (Fsp3) is 0.556. The van der Waals surface area contributed by atoms with Crippen molar-refractivity contribution in [2.75, 3.05) is 0 Å². The minimum atomic E-state index is -5.40. The van der Waals surface area contributed by atoms with Crippen LogP contribution in [0.3, 0.4) is 0 Å². The second kappa shape index (κ2) is 5.45. The molecule has 3 N–H and O–H groups in total. The molecule has 0 saturated carbocycles. The van der Waals surface area contributed by atoms with Crippen LogP contribution < -0.4 is 11.3 Å². The van der Waals surface area contributed by atoms with E-state index in [1.165, 1.54) is 6.07 Å². The lowest BCUT2D eigenvalue weighted by Crippen LogP contribution is -2.54. The molecule has 0 aliphatic heterocycles. The average molecular weight is 292 g/mol. The van der Waals surface area contributed by atoms with E-state index in [2.05, 4.69) is 0 Å². The molecule has 0 fully saturated rings. The molecule has 9 heteroatoms. The van der Waals surface area contributed by atoms with Crippen molar-refractivity contribution >= 4 is 11.3 Å². The number of thiophene rings is 1. The van der Waals surface area contributed by atoms with Crippen molar-refractivity contribution in [1.29, 1.82) is 0 Å². The summed E-state index contributed by atoms with van der Waals surface area (Å²) in [5.41, 5.74) is 1.62. The fourth-order valence-electron chi connectivity index (χ4n) is 1.56. The summed E-state index contributed by atoms with van der Waals surface area (Å²) in [6, 6.07) is 1.06. The zero-order chi connectivity index (χ0) is 14.0. The first-order valence-electron chi connectivity index (χ1n) is 4.78. The van der Waals surface area contributed by atoms with Gasteiger partial charge in [-0.1, -0.05) is 6.07 Å². The van der Waals surface area contributed by atoms with E-state index in [-0.39, 0.29) is 0 Å². The van der Waals surface area contributed by atoms with Crippen LogP contribution >= 0.6 is 11.3 Å². The maximum absolute atomic E-state index is 12.5. The van der Waals surface area contributed by atoms with Gasteiger partial charge in [0.15, 0.2) is 5.92 Å². The van der Waals surface area contributed by atoms with Gasteiger partial charge in [-0.2, -0.15) is 26.3 Å². The number of nitrogens with two attached hydrogens (primary N) is 1. The predicted octanol–water partition coefficient (Wildman–Crippen LogP) is 2.86. The summed E-state index contributed by atoms with van der Waals surface area (Å²) in [4.78, 5) is 0.399. The minimum Gasteiger partial charge on any atom is -0.271 e. The predicted molar refractivity (Wildman–Crippen MR) is 54.7 cm³/mol. The summed E-state index contributed by atoms with van der Waals surface area (Å²) in [6.07, 6.45) is -11.2. The summed E-state index contributed by atoms with van der Waals surface area (Å²) in [5, 5.41) is 1.57. The van der Waals surface area contributed by atoms with Crippen LogP contribution in [0.1, 0.15) is 4.88 Å². The lowest BCUT2D eigenvalue weighted by atomic mass is 9.95. The van der Waals surface area contributed by atoms with Gasteiger partial charge in [-0.25, -0.2) is 0 Å². The molecule has 2 nitrogen and oxygen atoms in total. The fourth-order valence-corrected chi connectivity index (χ4v) is 2.33. The van der Waals surface area contributed by atoms with Crippen LogP contribution in [-0.2, 0) is 6.42 Å². The lowest BCUT2D eigenvalue weighted by molar-refractivity contribution is -0.291.